The van der Waals surface area contributed by atoms with Crippen molar-refractivity contribution in [2.75, 3.05) is 7.11 Å². The van der Waals surface area contributed by atoms with Crippen LogP contribution in [0.4, 0.5) is 0 Å². The first-order valence-electron chi connectivity index (χ1n) is 15.5. The van der Waals surface area contributed by atoms with Gasteiger partial charge in [0.15, 0.2) is 0 Å². The second-order valence-electron chi connectivity index (χ2n) is 13.2. The second-order valence-corrected chi connectivity index (χ2v) is 18.6. The lowest BCUT2D eigenvalue weighted by atomic mass is 9.65. The van der Waals surface area contributed by atoms with Gasteiger partial charge in [-0.25, -0.2) is 0 Å². The fraction of sp³-hybridized carbons (Fsp3) is 0.600. The molecule has 2 aromatic carbocycles. The third kappa shape index (κ3) is 6.59. The number of rotatable bonds is 13. The molecule has 1 heterocycles. The molecular formula is C35H53NO3Si. The van der Waals surface area contributed by atoms with Gasteiger partial charge < -0.3 is 19.2 Å². The van der Waals surface area contributed by atoms with Crippen LogP contribution in [0.2, 0.25) is 16.6 Å². The number of hydrogen-bond donors (Lipinski definition) is 1. The lowest BCUT2D eigenvalue weighted by molar-refractivity contribution is -0.121. The average molecular weight is 564 g/mol. The van der Waals surface area contributed by atoms with E-state index in [1.54, 1.807) is 7.11 Å². The van der Waals surface area contributed by atoms with Crippen molar-refractivity contribution in [3.05, 3.63) is 78.4 Å². The van der Waals surface area contributed by atoms with E-state index >= 15 is 0 Å². The summed E-state index contributed by atoms with van der Waals surface area (Å²) in [5, 5.41) is 4.14. The van der Waals surface area contributed by atoms with E-state index in [0.717, 1.165) is 37.9 Å². The molecular weight excluding hydrogens is 510 g/mol. The van der Waals surface area contributed by atoms with Crippen molar-refractivity contribution < 1.29 is 13.9 Å². The maximum absolute atomic E-state index is 7.57. The van der Waals surface area contributed by atoms with Gasteiger partial charge in [0.1, 0.15) is 5.75 Å². The summed E-state index contributed by atoms with van der Waals surface area (Å²) in [6.45, 7) is 19.2. The van der Waals surface area contributed by atoms with Crippen molar-refractivity contribution in [3.63, 3.8) is 0 Å². The zero-order chi connectivity index (χ0) is 28.9. The van der Waals surface area contributed by atoms with E-state index in [0.29, 0.717) is 29.1 Å². The number of nitrogens with one attached hydrogen (secondary N) is 1. The smallest absolute Gasteiger partial charge is 0.200 e. The van der Waals surface area contributed by atoms with Crippen LogP contribution in [-0.4, -0.2) is 39.2 Å². The van der Waals surface area contributed by atoms with Crippen LogP contribution in [0.25, 0.3) is 0 Å². The number of methoxy groups -OCH3 is 1. The third-order valence-corrected chi connectivity index (χ3v) is 15.9. The summed E-state index contributed by atoms with van der Waals surface area (Å²) in [7, 11) is -0.324. The lowest BCUT2D eigenvalue weighted by Gasteiger charge is -2.57. The Balaban J connectivity index is 1.70. The van der Waals surface area contributed by atoms with Crippen LogP contribution in [0.15, 0.2) is 67.3 Å². The number of hydrogen-bond acceptors (Lipinski definition) is 4. The van der Waals surface area contributed by atoms with Crippen LogP contribution in [0, 0.1) is 5.92 Å². The lowest BCUT2D eigenvalue weighted by Crippen LogP contribution is -2.68. The van der Waals surface area contributed by atoms with Crippen molar-refractivity contribution >= 4 is 8.32 Å². The van der Waals surface area contributed by atoms with Crippen molar-refractivity contribution in [2.24, 2.45) is 5.92 Å². The van der Waals surface area contributed by atoms with Crippen LogP contribution < -0.4 is 10.1 Å². The van der Waals surface area contributed by atoms with Gasteiger partial charge in [0.2, 0.25) is 8.32 Å². The molecule has 0 unspecified atom stereocenters. The summed E-state index contributed by atoms with van der Waals surface area (Å²) in [6.07, 6.45) is 7.53. The van der Waals surface area contributed by atoms with E-state index in [2.05, 4.69) is 114 Å². The molecule has 5 atom stereocenters. The Morgan fingerprint density at radius 1 is 0.950 bits per heavy atom. The Labute approximate surface area is 245 Å². The van der Waals surface area contributed by atoms with E-state index < -0.39 is 8.32 Å². The van der Waals surface area contributed by atoms with Crippen molar-refractivity contribution in [1.29, 1.82) is 0 Å². The van der Waals surface area contributed by atoms with Gasteiger partial charge in [-0.05, 0) is 72.0 Å². The molecule has 2 fully saturated rings. The van der Waals surface area contributed by atoms with E-state index in [9.17, 15) is 0 Å². The molecule has 0 radical (unpaired) electrons. The first-order valence-corrected chi connectivity index (χ1v) is 17.6. The second kappa shape index (κ2) is 13.4. The van der Waals surface area contributed by atoms with E-state index in [1.807, 2.05) is 0 Å². The Bertz CT molecular complexity index is 1050. The molecule has 5 heteroatoms. The molecule has 0 spiro atoms. The fourth-order valence-electron chi connectivity index (χ4n) is 8.08. The number of piperidine rings is 1. The van der Waals surface area contributed by atoms with Crippen molar-refractivity contribution in [1.82, 2.24) is 5.32 Å². The molecule has 1 aliphatic heterocycles. The van der Waals surface area contributed by atoms with Crippen LogP contribution >= 0.6 is 0 Å². The Kier molecular flexibility index (Phi) is 10.4. The predicted octanol–water partition coefficient (Wildman–Crippen LogP) is 8.47. The van der Waals surface area contributed by atoms with Gasteiger partial charge in [-0.2, -0.15) is 0 Å². The van der Waals surface area contributed by atoms with Gasteiger partial charge in [-0.15, -0.1) is 6.58 Å². The molecule has 0 amide bonds. The quantitative estimate of drug-likeness (QED) is 0.196. The maximum atomic E-state index is 7.57. The molecule has 2 aromatic rings. The largest absolute Gasteiger partial charge is 0.497 e. The van der Waals surface area contributed by atoms with Gasteiger partial charge in [0.25, 0.3) is 0 Å². The Morgan fingerprint density at radius 3 is 2.17 bits per heavy atom. The molecule has 1 saturated heterocycles. The molecule has 1 aliphatic carbocycles. The number of benzene rings is 2. The van der Waals surface area contributed by atoms with Crippen LogP contribution in [0.5, 0.6) is 5.75 Å². The highest BCUT2D eigenvalue weighted by atomic mass is 28.4. The summed E-state index contributed by atoms with van der Waals surface area (Å²) < 4.78 is 20.0. The molecule has 0 aromatic heterocycles. The van der Waals surface area contributed by atoms with E-state index in [4.69, 9.17) is 13.9 Å². The van der Waals surface area contributed by atoms with Gasteiger partial charge in [-0.1, -0.05) is 90.1 Å². The molecule has 1 N–H and O–H groups in total. The highest BCUT2D eigenvalue weighted by Gasteiger charge is 2.55. The molecule has 1 saturated carbocycles. The van der Waals surface area contributed by atoms with Crippen molar-refractivity contribution in [3.8, 4) is 5.75 Å². The molecule has 2 aliphatic rings. The normalized spacial score (nSPS) is 26.9. The fourth-order valence-corrected chi connectivity index (χ4v) is 13.7. The molecule has 4 nitrogen and oxygen atoms in total. The van der Waals surface area contributed by atoms with E-state index in [1.165, 1.54) is 11.1 Å². The zero-order valence-corrected chi connectivity index (χ0v) is 27.0. The third-order valence-electron chi connectivity index (χ3n) is 9.82. The van der Waals surface area contributed by atoms with E-state index in [-0.39, 0.29) is 23.8 Å². The maximum Gasteiger partial charge on any atom is 0.200 e. The molecule has 2 bridgehead atoms. The van der Waals surface area contributed by atoms with Gasteiger partial charge in [0, 0.05) is 17.5 Å². The summed E-state index contributed by atoms with van der Waals surface area (Å²) >= 11 is 0. The summed E-state index contributed by atoms with van der Waals surface area (Å²) in [4.78, 5) is 0. The number of fused-ring (bicyclic) bond motifs is 2. The minimum Gasteiger partial charge on any atom is -0.497 e. The summed E-state index contributed by atoms with van der Waals surface area (Å²) in [6, 6.07) is 19.3. The van der Waals surface area contributed by atoms with Gasteiger partial charge >= 0.3 is 0 Å². The standard InChI is InChI=1S/C35H53NO3Si/c1-9-20-35-21-19-33(39-40(25(2)3,26(4)5)27(6)7)31(23-35)34(38-24-29-13-11-10-12-14-29)32(36-35)22-28-15-17-30(37-8)18-16-28/h9-18,25-27,31-34,36H,1,19-24H2,2-8H3/t31-,32+,33+,34-,35-/m0/s1. The Morgan fingerprint density at radius 2 is 1.60 bits per heavy atom. The topological polar surface area (TPSA) is 39.7 Å². The summed E-state index contributed by atoms with van der Waals surface area (Å²) in [5.74, 6) is 1.23. The minimum atomic E-state index is -2.05. The van der Waals surface area contributed by atoms with Gasteiger partial charge in [0.05, 0.1) is 25.9 Å². The predicted molar refractivity (Wildman–Crippen MR) is 169 cm³/mol. The SMILES string of the molecule is C=CC[C@]12CC[C@@H](O[Si](C(C)C)(C(C)C)C(C)C)[C@H](C1)[C@H](OCc1ccccc1)[C@@H](Cc1ccc(OC)cc1)N2. The highest BCUT2D eigenvalue weighted by Crippen LogP contribution is 2.50. The zero-order valence-electron chi connectivity index (χ0n) is 26.0. The molecule has 220 valence electrons. The molecule has 4 rings (SSSR count). The van der Waals surface area contributed by atoms with Crippen LogP contribution in [0.3, 0.4) is 0 Å². The van der Waals surface area contributed by atoms with Crippen LogP contribution in [-0.2, 0) is 22.2 Å². The van der Waals surface area contributed by atoms with Gasteiger partial charge in [-0.3, -0.25) is 0 Å². The highest BCUT2D eigenvalue weighted by molar-refractivity contribution is 6.77. The monoisotopic (exact) mass is 563 g/mol. The average Bonchev–Trinajstić information content (AvgIpc) is 2.93. The first-order chi connectivity index (χ1) is 19.1. The molecule has 40 heavy (non-hydrogen) atoms. The van der Waals surface area contributed by atoms with Crippen LogP contribution in [0.1, 0.15) is 78.4 Å². The Hall–Kier alpha value is -1.92. The summed E-state index contributed by atoms with van der Waals surface area (Å²) in [5.41, 5.74) is 4.26. The van der Waals surface area contributed by atoms with Crippen molar-refractivity contribution in [2.45, 2.75) is 121 Å². The number of ether oxygens (including phenoxy) is 2. The first kappa shape index (κ1) is 31.0. The minimum absolute atomic E-state index is 0.0493.